The van der Waals surface area contributed by atoms with Gasteiger partial charge in [-0.1, -0.05) is 12.1 Å². The summed E-state index contributed by atoms with van der Waals surface area (Å²) in [5.74, 6) is 0.893. The molecule has 1 aromatic carbocycles. The van der Waals surface area contributed by atoms with Crippen molar-refractivity contribution in [3.05, 3.63) is 36.7 Å². The van der Waals surface area contributed by atoms with Crippen molar-refractivity contribution in [1.29, 1.82) is 0 Å². The third kappa shape index (κ3) is 3.11. The Labute approximate surface area is 107 Å². The molecule has 0 bridgehead atoms. The van der Waals surface area contributed by atoms with Crippen LogP contribution in [0.4, 0.5) is 0 Å². The molecular weight excluding hydrogens is 226 g/mol. The Morgan fingerprint density at radius 1 is 1.33 bits per heavy atom. The molecule has 0 fully saturated rings. The van der Waals surface area contributed by atoms with Crippen LogP contribution in [0.1, 0.15) is 13.3 Å². The maximum atomic E-state index is 5.50. The van der Waals surface area contributed by atoms with Gasteiger partial charge in [0.2, 0.25) is 0 Å². The van der Waals surface area contributed by atoms with E-state index in [9.17, 15) is 0 Å². The number of nitrogens with zero attached hydrogens (tertiary/aromatic N) is 2. The maximum absolute atomic E-state index is 5.50. The maximum Gasteiger partial charge on any atom is 0.119 e. The van der Waals surface area contributed by atoms with Gasteiger partial charge >= 0.3 is 0 Å². The minimum absolute atomic E-state index is 0.680. The molecule has 0 atom stereocenters. The molecule has 4 nitrogen and oxygen atoms in total. The van der Waals surface area contributed by atoms with Gasteiger partial charge < -0.3 is 10.5 Å². The Morgan fingerprint density at radius 3 is 3.00 bits per heavy atom. The summed E-state index contributed by atoms with van der Waals surface area (Å²) in [6.07, 6.45) is 4.86. The number of hydrogen-bond donors (Lipinski definition) is 1. The number of aromatic nitrogens is 2. The molecule has 0 unspecified atom stereocenters. The van der Waals surface area contributed by atoms with Crippen LogP contribution in [0.3, 0.4) is 0 Å². The lowest BCUT2D eigenvalue weighted by Crippen LogP contribution is -2.05. The molecule has 0 saturated heterocycles. The summed E-state index contributed by atoms with van der Waals surface area (Å²) in [5.41, 5.74) is 7.72. The molecular formula is C14H19N3O. The van der Waals surface area contributed by atoms with E-state index in [-0.39, 0.29) is 0 Å². The monoisotopic (exact) mass is 245 g/mol. The Morgan fingerprint density at radius 2 is 2.22 bits per heavy atom. The minimum atomic E-state index is 0.680. The van der Waals surface area contributed by atoms with Gasteiger partial charge in [0, 0.05) is 18.3 Å². The minimum Gasteiger partial charge on any atom is -0.494 e. The zero-order valence-electron chi connectivity index (χ0n) is 10.7. The van der Waals surface area contributed by atoms with Crippen molar-refractivity contribution < 1.29 is 4.74 Å². The Kier molecular flexibility index (Phi) is 4.36. The second-order valence-corrected chi connectivity index (χ2v) is 4.10. The summed E-state index contributed by atoms with van der Waals surface area (Å²) < 4.78 is 7.42. The summed E-state index contributed by atoms with van der Waals surface area (Å²) in [6, 6.07) is 8.06. The van der Waals surface area contributed by atoms with E-state index >= 15 is 0 Å². The third-order valence-electron chi connectivity index (χ3n) is 2.70. The Balaban J connectivity index is 2.15. The number of benzene rings is 1. The molecule has 96 valence electrons. The molecule has 18 heavy (non-hydrogen) atoms. The molecule has 0 radical (unpaired) electrons. The van der Waals surface area contributed by atoms with Crippen LogP contribution in [0.5, 0.6) is 5.75 Å². The molecule has 0 aliphatic heterocycles. The van der Waals surface area contributed by atoms with E-state index in [0.717, 1.165) is 29.8 Å². The SMILES string of the molecule is CCOc1cccc(-c2cnn(CCCN)c2)c1. The number of rotatable bonds is 6. The van der Waals surface area contributed by atoms with E-state index in [0.29, 0.717) is 13.2 Å². The quantitative estimate of drug-likeness (QED) is 0.849. The fraction of sp³-hybridized carbons (Fsp3) is 0.357. The van der Waals surface area contributed by atoms with Gasteiger partial charge in [-0.2, -0.15) is 5.10 Å². The first kappa shape index (κ1) is 12.6. The van der Waals surface area contributed by atoms with E-state index in [1.54, 1.807) is 0 Å². The average Bonchev–Trinajstić information content (AvgIpc) is 2.86. The van der Waals surface area contributed by atoms with E-state index in [2.05, 4.69) is 11.2 Å². The lowest BCUT2D eigenvalue weighted by Gasteiger charge is -2.04. The number of aryl methyl sites for hydroxylation is 1. The zero-order chi connectivity index (χ0) is 12.8. The summed E-state index contributed by atoms with van der Waals surface area (Å²) >= 11 is 0. The zero-order valence-corrected chi connectivity index (χ0v) is 10.7. The van der Waals surface area contributed by atoms with E-state index in [1.807, 2.05) is 42.2 Å². The first-order valence-corrected chi connectivity index (χ1v) is 6.29. The highest BCUT2D eigenvalue weighted by molar-refractivity contribution is 5.63. The standard InChI is InChI=1S/C14H19N3O/c1-2-18-14-6-3-5-12(9-14)13-10-16-17(11-13)8-4-7-15/h3,5-6,9-11H,2,4,7-8,15H2,1H3. The largest absolute Gasteiger partial charge is 0.494 e. The van der Waals surface area contributed by atoms with Gasteiger partial charge in [-0.15, -0.1) is 0 Å². The molecule has 2 N–H and O–H groups in total. The molecule has 0 aliphatic rings. The molecule has 0 saturated carbocycles. The smallest absolute Gasteiger partial charge is 0.119 e. The van der Waals surface area contributed by atoms with Gasteiger partial charge in [-0.05, 0) is 37.6 Å². The van der Waals surface area contributed by atoms with E-state index in [1.165, 1.54) is 0 Å². The van der Waals surface area contributed by atoms with Gasteiger partial charge in [0.1, 0.15) is 5.75 Å². The van der Waals surface area contributed by atoms with Crippen molar-refractivity contribution in [3.8, 4) is 16.9 Å². The fourth-order valence-electron chi connectivity index (χ4n) is 1.82. The predicted octanol–water partition coefficient (Wildman–Crippen LogP) is 2.30. The van der Waals surface area contributed by atoms with Gasteiger partial charge in [0.15, 0.2) is 0 Å². The van der Waals surface area contributed by atoms with Crippen LogP contribution in [0.25, 0.3) is 11.1 Å². The van der Waals surface area contributed by atoms with Gasteiger partial charge in [-0.3, -0.25) is 4.68 Å². The summed E-state index contributed by atoms with van der Waals surface area (Å²) in [6.45, 7) is 4.22. The van der Waals surface area contributed by atoms with Crippen LogP contribution >= 0.6 is 0 Å². The molecule has 1 heterocycles. The van der Waals surface area contributed by atoms with Crippen LogP contribution in [0, 0.1) is 0 Å². The molecule has 0 aliphatic carbocycles. The van der Waals surface area contributed by atoms with Gasteiger partial charge in [-0.25, -0.2) is 0 Å². The van der Waals surface area contributed by atoms with Crippen molar-refractivity contribution in [1.82, 2.24) is 9.78 Å². The third-order valence-corrected chi connectivity index (χ3v) is 2.70. The van der Waals surface area contributed by atoms with Crippen LogP contribution in [0.2, 0.25) is 0 Å². The predicted molar refractivity (Wildman–Crippen MR) is 72.5 cm³/mol. The van der Waals surface area contributed by atoms with Crippen molar-refractivity contribution in [2.24, 2.45) is 5.73 Å². The van der Waals surface area contributed by atoms with E-state index in [4.69, 9.17) is 10.5 Å². The van der Waals surface area contributed by atoms with Crippen molar-refractivity contribution in [2.75, 3.05) is 13.2 Å². The van der Waals surface area contributed by atoms with Crippen LogP contribution in [-0.4, -0.2) is 22.9 Å². The summed E-state index contributed by atoms with van der Waals surface area (Å²) in [4.78, 5) is 0. The Hall–Kier alpha value is -1.81. The average molecular weight is 245 g/mol. The first-order chi connectivity index (χ1) is 8.83. The number of nitrogens with two attached hydrogens (primary N) is 1. The normalized spacial score (nSPS) is 10.6. The van der Waals surface area contributed by atoms with Gasteiger partial charge in [0.05, 0.1) is 12.8 Å². The second kappa shape index (κ2) is 6.21. The summed E-state index contributed by atoms with van der Waals surface area (Å²) in [5, 5.41) is 4.33. The second-order valence-electron chi connectivity index (χ2n) is 4.10. The number of ether oxygens (including phenoxy) is 1. The highest BCUT2D eigenvalue weighted by Crippen LogP contribution is 2.23. The lowest BCUT2D eigenvalue weighted by atomic mass is 10.1. The molecule has 4 heteroatoms. The fourth-order valence-corrected chi connectivity index (χ4v) is 1.82. The lowest BCUT2D eigenvalue weighted by molar-refractivity contribution is 0.340. The van der Waals surface area contributed by atoms with Crippen molar-refractivity contribution in [3.63, 3.8) is 0 Å². The van der Waals surface area contributed by atoms with Crippen LogP contribution in [0.15, 0.2) is 36.7 Å². The van der Waals surface area contributed by atoms with Crippen LogP contribution in [-0.2, 0) is 6.54 Å². The van der Waals surface area contributed by atoms with Crippen LogP contribution < -0.4 is 10.5 Å². The Bertz CT molecular complexity index is 493. The van der Waals surface area contributed by atoms with E-state index < -0.39 is 0 Å². The molecule has 2 rings (SSSR count). The highest BCUT2D eigenvalue weighted by atomic mass is 16.5. The summed E-state index contributed by atoms with van der Waals surface area (Å²) in [7, 11) is 0. The number of hydrogen-bond acceptors (Lipinski definition) is 3. The van der Waals surface area contributed by atoms with Crippen molar-refractivity contribution >= 4 is 0 Å². The first-order valence-electron chi connectivity index (χ1n) is 6.29. The van der Waals surface area contributed by atoms with Gasteiger partial charge in [0.25, 0.3) is 0 Å². The van der Waals surface area contributed by atoms with Crippen molar-refractivity contribution in [2.45, 2.75) is 19.9 Å². The topological polar surface area (TPSA) is 53.1 Å². The molecule has 2 aromatic rings. The molecule has 0 amide bonds. The molecule has 1 aromatic heterocycles. The molecule has 0 spiro atoms. The highest BCUT2D eigenvalue weighted by Gasteiger charge is 2.03.